The lowest BCUT2D eigenvalue weighted by Gasteiger charge is -2.09. The van der Waals surface area contributed by atoms with E-state index in [0.29, 0.717) is 18.1 Å². The summed E-state index contributed by atoms with van der Waals surface area (Å²) in [6.45, 7) is 2.57. The molecule has 15 heavy (non-hydrogen) atoms. The van der Waals surface area contributed by atoms with Crippen LogP contribution in [0.5, 0.6) is 5.75 Å². The van der Waals surface area contributed by atoms with E-state index >= 15 is 0 Å². The molecule has 0 aliphatic rings. The largest absolute Gasteiger partial charge is 0.494 e. The van der Waals surface area contributed by atoms with Crippen LogP contribution in [-0.4, -0.2) is 6.61 Å². The molecule has 3 heteroatoms. The summed E-state index contributed by atoms with van der Waals surface area (Å²) in [4.78, 5) is 0. The van der Waals surface area contributed by atoms with Crippen LogP contribution in [0.15, 0.2) is 18.2 Å². The summed E-state index contributed by atoms with van der Waals surface area (Å²) in [5.74, 6) is 0.836. The Labute approximate surface area is 95.4 Å². The Balaban J connectivity index is 2.72. The molecule has 1 aromatic carbocycles. The second-order valence-electron chi connectivity index (χ2n) is 3.20. The molecule has 1 aromatic rings. The predicted molar refractivity (Wildman–Crippen MR) is 61.2 cm³/mol. The first kappa shape index (κ1) is 11.9. The van der Waals surface area contributed by atoms with Gasteiger partial charge in [-0.1, -0.05) is 17.7 Å². The predicted octanol–water partition coefficient (Wildman–Crippen LogP) is 3.58. The third-order valence-electron chi connectivity index (χ3n) is 2.06. The fraction of sp³-hybridized carbons (Fsp3) is 0.417. The summed E-state index contributed by atoms with van der Waals surface area (Å²) in [7, 11) is 0. The van der Waals surface area contributed by atoms with E-state index in [0.717, 1.165) is 24.2 Å². The van der Waals surface area contributed by atoms with Gasteiger partial charge in [0.05, 0.1) is 12.7 Å². The van der Waals surface area contributed by atoms with Crippen LogP contribution in [0.1, 0.15) is 25.3 Å². The van der Waals surface area contributed by atoms with Crippen molar-refractivity contribution in [3.8, 4) is 11.8 Å². The van der Waals surface area contributed by atoms with Crippen LogP contribution in [0.4, 0.5) is 0 Å². The molecule has 2 nitrogen and oxygen atoms in total. The molecular formula is C12H14ClNO. The summed E-state index contributed by atoms with van der Waals surface area (Å²) in [5.41, 5.74) is 1.12. The molecule has 0 fully saturated rings. The van der Waals surface area contributed by atoms with Crippen molar-refractivity contribution in [2.45, 2.75) is 26.2 Å². The molecule has 0 aromatic heterocycles. The SMILES string of the molecule is CCOc1cc(Cl)ccc1CCCC#N. The van der Waals surface area contributed by atoms with Crippen molar-refractivity contribution in [2.75, 3.05) is 6.61 Å². The molecular weight excluding hydrogens is 210 g/mol. The normalized spacial score (nSPS) is 9.67. The summed E-state index contributed by atoms with van der Waals surface area (Å²) < 4.78 is 5.48. The van der Waals surface area contributed by atoms with E-state index in [2.05, 4.69) is 6.07 Å². The van der Waals surface area contributed by atoms with Crippen molar-refractivity contribution < 1.29 is 4.74 Å². The highest BCUT2D eigenvalue weighted by atomic mass is 35.5. The molecule has 0 aliphatic heterocycles. The molecule has 0 bridgehead atoms. The van der Waals surface area contributed by atoms with Crippen molar-refractivity contribution in [3.05, 3.63) is 28.8 Å². The van der Waals surface area contributed by atoms with Crippen molar-refractivity contribution >= 4 is 11.6 Å². The van der Waals surface area contributed by atoms with E-state index in [1.54, 1.807) is 0 Å². The number of hydrogen-bond acceptors (Lipinski definition) is 2. The van der Waals surface area contributed by atoms with Gasteiger partial charge in [0, 0.05) is 11.4 Å². The second kappa shape index (κ2) is 6.31. The van der Waals surface area contributed by atoms with Crippen LogP contribution in [0.3, 0.4) is 0 Å². The maximum Gasteiger partial charge on any atom is 0.123 e. The summed E-state index contributed by atoms with van der Waals surface area (Å²) in [6, 6.07) is 7.78. The monoisotopic (exact) mass is 223 g/mol. The third-order valence-corrected chi connectivity index (χ3v) is 2.30. The summed E-state index contributed by atoms with van der Waals surface area (Å²) in [5, 5.41) is 9.14. The van der Waals surface area contributed by atoms with Crippen LogP contribution in [0, 0.1) is 11.3 Å². The molecule has 0 unspecified atom stereocenters. The average Bonchev–Trinajstić information content (AvgIpc) is 2.22. The Morgan fingerprint density at radius 1 is 1.47 bits per heavy atom. The van der Waals surface area contributed by atoms with Gasteiger partial charge in [0.1, 0.15) is 5.75 Å². The zero-order chi connectivity index (χ0) is 11.1. The van der Waals surface area contributed by atoms with Crippen molar-refractivity contribution in [1.82, 2.24) is 0 Å². The summed E-state index contributed by atoms with van der Waals surface area (Å²) >= 11 is 5.88. The van der Waals surface area contributed by atoms with Gasteiger partial charge in [0.15, 0.2) is 0 Å². The van der Waals surface area contributed by atoms with Gasteiger partial charge < -0.3 is 4.74 Å². The minimum Gasteiger partial charge on any atom is -0.494 e. The van der Waals surface area contributed by atoms with Gasteiger partial charge in [-0.05, 0) is 37.5 Å². The maximum atomic E-state index is 8.46. The van der Waals surface area contributed by atoms with Gasteiger partial charge in [-0.2, -0.15) is 5.26 Å². The molecule has 0 atom stereocenters. The molecule has 0 N–H and O–H groups in total. The lowest BCUT2D eigenvalue weighted by atomic mass is 10.1. The molecule has 0 amide bonds. The summed E-state index contributed by atoms with van der Waals surface area (Å²) in [6.07, 6.45) is 2.30. The van der Waals surface area contributed by atoms with Crippen molar-refractivity contribution in [2.24, 2.45) is 0 Å². The van der Waals surface area contributed by atoms with E-state index in [1.807, 2.05) is 25.1 Å². The molecule has 0 aliphatic carbocycles. The molecule has 0 heterocycles. The van der Waals surface area contributed by atoms with E-state index in [9.17, 15) is 0 Å². The minimum absolute atomic E-state index is 0.578. The first-order valence-electron chi connectivity index (χ1n) is 5.06. The van der Waals surface area contributed by atoms with Gasteiger partial charge in [-0.15, -0.1) is 0 Å². The number of hydrogen-bond donors (Lipinski definition) is 0. The Bertz CT molecular complexity index is 357. The van der Waals surface area contributed by atoms with Gasteiger partial charge in [-0.25, -0.2) is 0 Å². The second-order valence-corrected chi connectivity index (χ2v) is 3.63. The topological polar surface area (TPSA) is 33.0 Å². The molecule has 1 rings (SSSR count). The number of aryl methyl sites for hydroxylation is 1. The number of nitrogens with zero attached hydrogens (tertiary/aromatic N) is 1. The minimum atomic E-state index is 0.578. The number of halogens is 1. The van der Waals surface area contributed by atoms with Crippen molar-refractivity contribution in [3.63, 3.8) is 0 Å². The standard InChI is InChI=1S/C12H14ClNO/c1-2-15-12-9-11(13)7-6-10(12)5-3-4-8-14/h6-7,9H,2-5H2,1H3. The average molecular weight is 224 g/mol. The number of unbranched alkanes of at least 4 members (excludes halogenated alkanes) is 1. The highest BCUT2D eigenvalue weighted by molar-refractivity contribution is 6.30. The van der Waals surface area contributed by atoms with Gasteiger partial charge in [-0.3, -0.25) is 0 Å². The number of rotatable bonds is 5. The first-order valence-corrected chi connectivity index (χ1v) is 5.44. The smallest absolute Gasteiger partial charge is 0.123 e. The van der Waals surface area contributed by atoms with Gasteiger partial charge >= 0.3 is 0 Å². The Hall–Kier alpha value is -1.20. The number of nitriles is 1. The highest BCUT2D eigenvalue weighted by Gasteiger charge is 2.03. The maximum absolute atomic E-state index is 8.46. The molecule has 0 saturated heterocycles. The van der Waals surface area contributed by atoms with Crippen LogP contribution in [-0.2, 0) is 6.42 Å². The zero-order valence-electron chi connectivity index (χ0n) is 8.79. The molecule has 0 radical (unpaired) electrons. The van der Waals surface area contributed by atoms with Crippen LogP contribution in [0.25, 0.3) is 0 Å². The lowest BCUT2D eigenvalue weighted by molar-refractivity contribution is 0.336. The first-order chi connectivity index (χ1) is 7.27. The van der Waals surface area contributed by atoms with Gasteiger partial charge in [0.2, 0.25) is 0 Å². The van der Waals surface area contributed by atoms with E-state index < -0.39 is 0 Å². The van der Waals surface area contributed by atoms with Crippen LogP contribution in [0.2, 0.25) is 5.02 Å². The molecule has 80 valence electrons. The van der Waals surface area contributed by atoms with E-state index in [-0.39, 0.29) is 0 Å². The Morgan fingerprint density at radius 2 is 2.27 bits per heavy atom. The van der Waals surface area contributed by atoms with Crippen molar-refractivity contribution in [1.29, 1.82) is 5.26 Å². The van der Waals surface area contributed by atoms with E-state index in [4.69, 9.17) is 21.6 Å². The number of benzene rings is 1. The fourth-order valence-electron chi connectivity index (χ4n) is 1.38. The highest BCUT2D eigenvalue weighted by Crippen LogP contribution is 2.24. The Kier molecular flexibility index (Phi) is 5.00. The zero-order valence-corrected chi connectivity index (χ0v) is 9.55. The fourth-order valence-corrected chi connectivity index (χ4v) is 1.54. The third kappa shape index (κ3) is 3.81. The lowest BCUT2D eigenvalue weighted by Crippen LogP contribution is -1.96. The number of ether oxygens (including phenoxy) is 1. The van der Waals surface area contributed by atoms with Crippen LogP contribution < -0.4 is 4.74 Å². The Morgan fingerprint density at radius 3 is 2.93 bits per heavy atom. The van der Waals surface area contributed by atoms with Crippen LogP contribution >= 0.6 is 11.6 Å². The van der Waals surface area contributed by atoms with Gasteiger partial charge in [0.25, 0.3) is 0 Å². The quantitative estimate of drug-likeness (QED) is 0.715. The molecule has 0 saturated carbocycles. The molecule has 0 spiro atoms. The van der Waals surface area contributed by atoms with E-state index in [1.165, 1.54) is 0 Å².